The Balaban J connectivity index is 2.58. The van der Waals surface area contributed by atoms with E-state index in [-0.39, 0.29) is 0 Å². The van der Waals surface area contributed by atoms with Crippen LogP contribution in [-0.2, 0) is 11.2 Å². The van der Waals surface area contributed by atoms with E-state index in [1.54, 1.807) is 24.5 Å². The van der Waals surface area contributed by atoms with Crippen LogP contribution in [0, 0.1) is 0 Å². The fourth-order valence-electron chi connectivity index (χ4n) is 0.860. The van der Waals surface area contributed by atoms with Crippen LogP contribution in [0.4, 0.5) is 0 Å². The maximum atomic E-state index is 10.4. The van der Waals surface area contributed by atoms with Gasteiger partial charge in [-0.1, -0.05) is 0 Å². The van der Waals surface area contributed by atoms with Crippen LogP contribution in [0.2, 0.25) is 0 Å². The molecule has 64 valence electrons. The average molecular weight is 166 g/mol. The van der Waals surface area contributed by atoms with Crippen LogP contribution >= 0.6 is 0 Å². The van der Waals surface area contributed by atoms with Crippen molar-refractivity contribution < 1.29 is 9.90 Å². The molecule has 1 aromatic heterocycles. The van der Waals surface area contributed by atoms with Crippen molar-refractivity contribution in [3.63, 3.8) is 0 Å². The van der Waals surface area contributed by atoms with Gasteiger partial charge in [0.1, 0.15) is 6.04 Å². The maximum Gasteiger partial charge on any atom is 0.320 e. The molecular formula is C8H10N2O2. The van der Waals surface area contributed by atoms with Crippen LogP contribution in [0.3, 0.4) is 0 Å². The molecule has 1 atom stereocenters. The lowest BCUT2D eigenvalue weighted by molar-refractivity contribution is -0.138. The van der Waals surface area contributed by atoms with Crippen molar-refractivity contribution in [1.29, 1.82) is 0 Å². The molecule has 1 rings (SSSR count). The molecule has 4 heteroatoms. The molecule has 1 heterocycles. The summed E-state index contributed by atoms with van der Waals surface area (Å²) in [7, 11) is 0. The minimum atomic E-state index is -0.980. The highest BCUT2D eigenvalue weighted by Crippen LogP contribution is 1.99. The molecule has 0 aromatic carbocycles. The molecule has 0 bridgehead atoms. The molecule has 0 saturated carbocycles. The van der Waals surface area contributed by atoms with E-state index >= 15 is 0 Å². The van der Waals surface area contributed by atoms with Gasteiger partial charge in [0.15, 0.2) is 0 Å². The van der Waals surface area contributed by atoms with Crippen molar-refractivity contribution in [1.82, 2.24) is 4.98 Å². The van der Waals surface area contributed by atoms with Gasteiger partial charge in [0.2, 0.25) is 0 Å². The van der Waals surface area contributed by atoms with E-state index in [0.29, 0.717) is 6.42 Å². The highest BCUT2D eigenvalue weighted by molar-refractivity contribution is 5.73. The number of aliphatic carboxylic acids is 1. The number of carbonyl (C=O) groups is 1. The number of pyridine rings is 1. The van der Waals surface area contributed by atoms with E-state index in [0.717, 1.165) is 5.56 Å². The van der Waals surface area contributed by atoms with Crippen LogP contribution in [0.25, 0.3) is 0 Å². The molecule has 0 spiro atoms. The predicted octanol–water partition coefficient (Wildman–Crippen LogP) is 0.0360. The molecule has 0 amide bonds. The average Bonchev–Trinajstić information content (AvgIpc) is 2.06. The number of carboxylic acid groups (broad SMARTS) is 1. The maximum absolute atomic E-state index is 10.4. The number of hydrogen-bond acceptors (Lipinski definition) is 3. The van der Waals surface area contributed by atoms with Crippen molar-refractivity contribution in [3.8, 4) is 0 Å². The second kappa shape index (κ2) is 3.82. The summed E-state index contributed by atoms with van der Waals surface area (Å²) in [6, 6.07) is 2.68. The van der Waals surface area contributed by atoms with Crippen molar-refractivity contribution in [2.75, 3.05) is 0 Å². The Morgan fingerprint density at radius 1 is 1.58 bits per heavy atom. The smallest absolute Gasteiger partial charge is 0.320 e. The minimum Gasteiger partial charge on any atom is -0.480 e. The molecule has 0 unspecified atom stereocenters. The van der Waals surface area contributed by atoms with Gasteiger partial charge in [0.05, 0.1) is 0 Å². The molecule has 0 fully saturated rings. The molecule has 4 nitrogen and oxygen atoms in total. The lowest BCUT2D eigenvalue weighted by Gasteiger charge is -2.04. The number of nitrogens with zero attached hydrogens (tertiary/aromatic N) is 1. The molecule has 0 aliphatic rings. The van der Waals surface area contributed by atoms with Crippen LogP contribution in [0.1, 0.15) is 5.56 Å². The summed E-state index contributed by atoms with van der Waals surface area (Å²) in [5.74, 6) is -0.980. The summed E-state index contributed by atoms with van der Waals surface area (Å²) in [5, 5.41) is 8.50. The van der Waals surface area contributed by atoms with Gasteiger partial charge in [-0.2, -0.15) is 0 Å². The highest BCUT2D eigenvalue weighted by Gasteiger charge is 2.11. The van der Waals surface area contributed by atoms with E-state index in [2.05, 4.69) is 4.98 Å². The summed E-state index contributed by atoms with van der Waals surface area (Å²) in [6.07, 6.45) is 3.58. The van der Waals surface area contributed by atoms with Gasteiger partial charge >= 0.3 is 5.97 Å². The fourth-order valence-corrected chi connectivity index (χ4v) is 0.860. The Kier molecular flexibility index (Phi) is 2.76. The van der Waals surface area contributed by atoms with Gasteiger partial charge in [-0.15, -0.1) is 0 Å². The Morgan fingerprint density at radius 2 is 2.17 bits per heavy atom. The van der Waals surface area contributed by atoms with E-state index in [1.807, 2.05) is 0 Å². The zero-order valence-electron chi connectivity index (χ0n) is 6.47. The third-order valence-corrected chi connectivity index (χ3v) is 1.52. The minimum absolute atomic E-state index is 0.345. The van der Waals surface area contributed by atoms with E-state index in [1.165, 1.54) is 0 Å². The van der Waals surface area contributed by atoms with Crippen LogP contribution < -0.4 is 5.73 Å². The summed E-state index contributed by atoms with van der Waals surface area (Å²) in [6.45, 7) is 0. The quantitative estimate of drug-likeness (QED) is 0.664. The third kappa shape index (κ3) is 2.32. The monoisotopic (exact) mass is 166 g/mol. The van der Waals surface area contributed by atoms with Crippen molar-refractivity contribution in [3.05, 3.63) is 30.1 Å². The number of rotatable bonds is 3. The molecular weight excluding hydrogens is 156 g/mol. The first-order valence-electron chi connectivity index (χ1n) is 3.57. The molecule has 0 aliphatic heterocycles. The molecule has 1 aromatic rings. The second-order valence-corrected chi connectivity index (χ2v) is 2.50. The van der Waals surface area contributed by atoms with Crippen molar-refractivity contribution in [2.45, 2.75) is 12.5 Å². The fraction of sp³-hybridized carbons (Fsp3) is 0.250. The molecule has 0 aliphatic carbocycles. The first-order chi connectivity index (χ1) is 5.70. The van der Waals surface area contributed by atoms with Crippen LogP contribution in [-0.4, -0.2) is 22.1 Å². The number of hydrogen-bond donors (Lipinski definition) is 2. The first-order valence-corrected chi connectivity index (χ1v) is 3.57. The van der Waals surface area contributed by atoms with Crippen LogP contribution in [0.5, 0.6) is 0 Å². The largest absolute Gasteiger partial charge is 0.480 e. The Morgan fingerprint density at radius 3 is 2.67 bits per heavy atom. The first kappa shape index (κ1) is 8.67. The zero-order valence-corrected chi connectivity index (χ0v) is 6.47. The topological polar surface area (TPSA) is 76.2 Å². The van der Waals surface area contributed by atoms with Gasteiger partial charge < -0.3 is 10.8 Å². The standard InChI is InChI=1S/C8H10N2O2/c9-7(8(11)12)5-6-1-3-10-4-2-6/h1-4,7H,5,9H2,(H,11,12)/t7-/m1/s1. The lowest BCUT2D eigenvalue weighted by Crippen LogP contribution is -2.32. The molecule has 0 saturated heterocycles. The second-order valence-electron chi connectivity index (χ2n) is 2.50. The summed E-state index contributed by atoms with van der Waals surface area (Å²) in [4.78, 5) is 14.2. The number of nitrogens with two attached hydrogens (primary N) is 1. The van der Waals surface area contributed by atoms with Crippen molar-refractivity contribution in [2.24, 2.45) is 5.73 Å². The third-order valence-electron chi connectivity index (χ3n) is 1.52. The summed E-state index contributed by atoms with van der Waals surface area (Å²) in [5.41, 5.74) is 6.22. The Hall–Kier alpha value is -1.42. The van der Waals surface area contributed by atoms with Crippen LogP contribution in [0.15, 0.2) is 24.5 Å². The SMILES string of the molecule is N[C@H](Cc1ccncc1)C(=O)O. The lowest BCUT2D eigenvalue weighted by atomic mass is 10.1. The van der Waals surface area contributed by atoms with E-state index in [4.69, 9.17) is 10.8 Å². The normalized spacial score (nSPS) is 12.4. The van der Waals surface area contributed by atoms with Gasteiger partial charge in [0.25, 0.3) is 0 Å². The molecule has 0 radical (unpaired) electrons. The molecule has 3 N–H and O–H groups in total. The highest BCUT2D eigenvalue weighted by atomic mass is 16.4. The van der Waals surface area contributed by atoms with Gasteiger partial charge in [0, 0.05) is 12.4 Å². The van der Waals surface area contributed by atoms with Gasteiger partial charge in [-0.3, -0.25) is 9.78 Å². The number of aromatic nitrogens is 1. The van der Waals surface area contributed by atoms with E-state index in [9.17, 15) is 4.79 Å². The molecule has 12 heavy (non-hydrogen) atoms. The van der Waals surface area contributed by atoms with Crippen molar-refractivity contribution >= 4 is 5.97 Å². The van der Waals surface area contributed by atoms with Gasteiger partial charge in [-0.25, -0.2) is 0 Å². The van der Waals surface area contributed by atoms with E-state index < -0.39 is 12.0 Å². The zero-order chi connectivity index (χ0) is 8.97. The Bertz CT molecular complexity index is 261. The summed E-state index contributed by atoms with van der Waals surface area (Å²) >= 11 is 0. The number of carboxylic acids is 1. The summed E-state index contributed by atoms with van der Waals surface area (Å²) < 4.78 is 0. The predicted molar refractivity (Wildman–Crippen MR) is 43.6 cm³/mol. The van der Waals surface area contributed by atoms with Gasteiger partial charge in [-0.05, 0) is 24.1 Å². The Labute approximate surface area is 70.0 Å².